The zero-order valence-corrected chi connectivity index (χ0v) is 19.2. The Morgan fingerprint density at radius 3 is 2.47 bits per heavy atom. The third-order valence-corrected chi connectivity index (χ3v) is 6.38. The van der Waals surface area contributed by atoms with Gasteiger partial charge in [0.05, 0.1) is 28.2 Å². The highest BCUT2D eigenvalue weighted by Gasteiger charge is 2.17. The minimum absolute atomic E-state index is 0.0352. The van der Waals surface area contributed by atoms with E-state index in [1.807, 2.05) is 42.5 Å². The highest BCUT2D eigenvalue weighted by Crippen LogP contribution is 2.39. The monoisotopic (exact) mass is 488 g/mol. The van der Waals surface area contributed by atoms with Crippen LogP contribution in [0.15, 0.2) is 85.1 Å². The fourth-order valence-electron chi connectivity index (χ4n) is 3.46. The Kier molecular flexibility index (Phi) is 6.03. The number of benzene rings is 3. The van der Waals surface area contributed by atoms with E-state index < -0.39 is 4.92 Å². The lowest BCUT2D eigenvalue weighted by atomic mass is 10.1. The molecule has 1 N–H and O–H groups in total. The molecule has 8 nitrogen and oxygen atoms in total. The first-order valence-electron chi connectivity index (χ1n) is 10.3. The molecule has 0 saturated heterocycles. The number of nitrogens with zero attached hydrogens (tertiary/aromatic N) is 5. The van der Waals surface area contributed by atoms with Crippen molar-refractivity contribution in [2.75, 3.05) is 5.32 Å². The summed E-state index contributed by atoms with van der Waals surface area (Å²) in [5, 5.41) is 24.2. The van der Waals surface area contributed by atoms with E-state index in [4.69, 9.17) is 16.6 Å². The number of nitro benzene ring substituents is 1. The molecule has 0 aliphatic rings. The van der Waals surface area contributed by atoms with Gasteiger partial charge in [0.2, 0.25) is 0 Å². The van der Waals surface area contributed by atoms with Crippen molar-refractivity contribution in [3.63, 3.8) is 0 Å². The number of nitro groups is 1. The molecule has 0 radical (unpaired) electrons. The molecule has 0 atom stereocenters. The van der Waals surface area contributed by atoms with Gasteiger partial charge in [0.25, 0.3) is 5.69 Å². The Morgan fingerprint density at radius 2 is 1.71 bits per heavy atom. The van der Waals surface area contributed by atoms with Gasteiger partial charge >= 0.3 is 0 Å². The lowest BCUT2D eigenvalue weighted by Gasteiger charge is -2.02. The van der Waals surface area contributed by atoms with Gasteiger partial charge in [0.15, 0.2) is 5.13 Å². The Hall–Kier alpha value is -4.08. The number of aromatic nitrogens is 4. The Morgan fingerprint density at radius 1 is 0.971 bits per heavy atom. The molecular formula is C24H17ClN6O2S. The van der Waals surface area contributed by atoms with Crippen molar-refractivity contribution in [2.24, 2.45) is 0 Å². The smallest absolute Gasteiger partial charge is 0.294 e. The molecule has 0 amide bonds. The van der Waals surface area contributed by atoms with Crippen molar-refractivity contribution < 1.29 is 4.92 Å². The van der Waals surface area contributed by atoms with Crippen LogP contribution in [-0.2, 0) is 6.54 Å². The molecule has 2 heterocycles. The van der Waals surface area contributed by atoms with Crippen molar-refractivity contribution in [3.8, 4) is 27.4 Å². The third kappa shape index (κ3) is 4.52. The predicted octanol–water partition coefficient (Wildman–Crippen LogP) is 6.23. The highest BCUT2D eigenvalue weighted by atomic mass is 35.5. The van der Waals surface area contributed by atoms with E-state index in [0.717, 1.165) is 26.8 Å². The number of nitrogens with one attached hydrogen (secondary N) is 1. The summed E-state index contributed by atoms with van der Waals surface area (Å²) >= 11 is 7.61. The van der Waals surface area contributed by atoms with E-state index in [1.54, 1.807) is 35.7 Å². The fraction of sp³-hybridized carbons (Fsp3) is 0.0417. The summed E-state index contributed by atoms with van der Waals surface area (Å²) in [6.45, 7) is 0.364. The molecule has 0 aliphatic carbocycles. The average molecular weight is 489 g/mol. The first-order chi connectivity index (χ1) is 16.6. The Bertz CT molecular complexity index is 1450. The molecule has 0 saturated carbocycles. The SMILES string of the molecule is O=[N+]([O-])c1ccccc1-n1cc(CNc2nc(-c3ccc(Cl)cc3)c(-c3ccccc3)s2)nn1. The van der Waals surface area contributed by atoms with E-state index in [-0.39, 0.29) is 5.69 Å². The average Bonchev–Trinajstić information content (AvgIpc) is 3.51. The van der Waals surface area contributed by atoms with E-state index >= 15 is 0 Å². The molecule has 0 unspecified atom stereocenters. The quantitative estimate of drug-likeness (QED) is 0.215. The minimum Gasteiger partial charge on any atom is -0.356 e. The summed E-state index contributed by atoms with van der Waals surface area (Å²) in [6, 6.07) is 24.1. The lowest BCUT2D eigenvalue weighted by Crippen LogP contribution is -2.00. The van der Waals surface area contributed by atoms with E-state index in [9.17, 15) is 10.1 Å². The van der Waals surface area contributed by atoms with Gasteiger partial charge in [-0.25, -0.2) is 9.67 Å². The first-order valence-corrected chi connectivity index (χ1v) is 11.5. The van der Waals surface area contributed by atoms with E-state index in [0.29, 0.717) is 22.9 Å². The van der Waals surface area contributed by atoms with Crippen molar-refractivity contribution in [3.05, 3.63) is 106 Å². The number of para-hydroxylation sites is 2. The van der Waals surface area contributed by atoms with Gasteiger partial charge in [-0.15, -0.1) is 5.10 Å². The number of hydrogen-bond acceptors (Lipinski definition) is 7. The summed E-state index contributed by atoms with van der Waals surface area (Å²) in [6.07, 6.45) is 1.67. The molecule has 5 rings (SSSR count). The summed E-state index contributed by atoms with van der Waals surface area (Å²) in [5.74, 6) is 0. The van der Waals surface area contributed by atoms with Crippen LogP contribution in [0.25, 0.3) is 27.4 Å². The van der Waals surface area contributed by atoms with Crippen LogP contribution in [0.4, 0.5) is 10.8 Å². The standard InChI is InChI=1S/C24H17ClN6O2S/c25-18-12-10-16(11-13-18)22-23(17-6-2-1-3-7-17)34-24(27-22)26-14-19-15-30(29-28-19)20-8-4-5-9-21(20)31(32)33/h1-13,15H,14H2,(H,26,27). The van der Waals surface area contributed by atoms with Gasteiger partial charge in [0.1, 0.15) is 11.4 Å². The summed E-state index contributed by atoms with van der Waals surface area (Å²) in [7, 11) is 0. The van der Waals surface area contributed by atoms with Crippen LogP contribution in [0.5, 0.6) is 0 Å². The zero-order valence-electron chi connectivity index (χ0n) is 17.6. The lowest BCUT2D eigenvalue weighted by molar-refractivity contribution is -0.384. The van der Waals surface area contributed by atoms with Crippen LogP contribution in [-0.4, -0.2) is 24.9 Å². The molecule has 2 aromatic heterocycles. The number of thiazole rings is 1. The van der Waals surface area contributed by atoms with E-state index in [2.05, 4.69) is 27.8 Å². The second-order valence-electron chi connectivity index (χ2n) is 7.32. The van der Waals surface area contributed by atoms with Gasteiger partial charge in [-0.1, -0.05) is 82.7 Å². The zero-order chi connectivity index (χ0) is 23.5. The first kappa shape index (κ1) is 21.7. The summed E-state index contributed by atoms with van der Waals surface area (Å²) in [4.78, 5) is 16.7. The van der Waals surface area contributed by atoms with Crippen LogP contribution in [0.2, 0.25) is 5.02 Å². The van der Waals surface area contributed by atoms with E-state index in [1.165, 1.54) is 10.7 Å². The van der Waals surface area contributed by atoms with Crippen molar-refractivity contribution in [2.45, 2.75) is 6.54 Å². The normalized spacial score (nSPS) is 10.9. The highest BCUT2D eigenvalue weighted by molar-refractivity contribution is 7.19. The van der Waals surface area contributed by atoms with Gasteiger partial charge in [-0.05, 0) is 23.8 Å². The topological polar surface area (TPSA) is 98.8 Å². The molecule has 34 heavy (non-hydrogen) atoms. The number of halogens is 1. The third-order valence-electron chi connectivity index (χ3n) is 5.07. The molecule has 0 aliphatic heterocycles. The molecule has 0 spiro atoms. The maximum Gasteiger partial charge on any atom is 0.294 e. The molecule has 5 aromatic rings. The molecule has 10 heteroatoms. The van der Waals surface area contributed by atoms with Crippen LogP contribution >= 0.6 is 22.9 Å². The number of hydrogen-bond donors (Lipinski definition) is 1. The summed E-state index contributed by atoms with van der Waals surface area (Å²) < 4.78 is 1.41. The van der Waals surface area contributed by atoms with Crippen LogP contribution < -0.4 is 5.32 Å². The fourth-order valence-corrected chi connectivity index (χ4v) is 4.57. The molecule has 168 valence electrons. The van der Waals surface area contributed by atoms with Crippen molar-refractivity contribution in [1.82, 2.24) is 20.0 Å². The summed E-state index contributed by atoms with van der Waals surface area (Å²) in [5.41, 5.74) is 3.85. The molecule has 0 fully saturated rings. The maximum absolute atomic E-state index is 11.3. The second-order valence-corrected chi connectivity index (χ2v) is 8.76. The Balaban J connectivity index is 1.41. The van der Waals surface area contributed by atoms with Crippen molar-refractivity contribution in [1.29, 1.82) is 0 Å². The van der Waals surface area contributed by atoms with Crippen molar-refractivity contribution >= 4 is 33.8 Å². The predicted molar refractivity (Wildman–Crippen MR) is 133 cm³/mol. The van der Waals surface area contributed by atoms with Crippen LogP contribution in [0.1, 0.15) is 5.69 Å². The Labute approximate surface area is 203 Å². The van der Waals surface area contributed by atoms with Gasteiger partial charge in [-0.3, -0.25) is 10.1 Å². The number of anilines is 1. The molecule has 3 aromatic carbocycles. The second kappa shape index (κ2) is 9.42. The van der Waals surface area contributed by atoms with Gasteiger partial charge < -0.3 is 5.32 Å². The molecular weight excluding hydrogens is 472 g/mol. The van der Waals surface area contributed by atoms with Gasteiger partial charge in [0, 0.05) is 16.7 Å². The largest absolute Gasteiger partial charge is 0.356 e. The van der Waals surface area contributed by atoms with Crippen LogP contribution in [0.3, 0.4) is 0 Å². The number of rotatable bonds is 7. The minimum atomic E-state index is -0.437. The van der Waals surface area contributed by atoms with Gasteiger partial charge in [-0.2, -0.15) is 0 Å². The maximum atomic E-state index is 11.3. The molecule has 0 bridgehead atoms. The van der Waals surface area contributed by atoms with Crippen LogP contribution in [0, 0.1) is 10.1 Å².